The number of nitrogens with zero attached hydrogens (tertiary/aromatic N) is 3. The zero-order chi connectivity index (χ0) is 30.2. The van der Waals surface area contributed by atoms with Crippen molar-refractivity contribution in [1.29, 1.82) is 0 Å². The van der Waals surface area contributed by atoms with E-state index >= 15 is 4.39 Å². The first-order chi connectivity index (χ1) is 19.1. The molecule has 1 aliphatic rings. The SMILES string of the molecule is CN1C(NC(=O)OC(C)(C)C)=N[C@](C)(c2cc(NC(=O)c3ccc(-c4ccc(F)cc4)cn3)ccc2F)CS1(=O)=O. The molecule has 0 radical (unpaired) electrons. The first kappa shape index (κ1) is 29.6. The third-order valence-electron chi connectivity index (χ3n) is 6.12. The summed E-state index contributed by atoms with van der Waals surface area (Å²) in [6, 6.07) is 12.7. The molecule has 0 unspecified atom stereocenters. The van der Waals surface area contributed by atoms with Crippen molar-refractivity contribution in [3.05, 3.63) is 83.7 Å². The molecular weight excluding hydrogens is 556 g/mol. The van der Waals surface area contributed by atoms with E-state index in [1.165, 1.54) is 50.5 Å². The van der Waals surface area contributed by atoms with E-state index in [0.29, 0.717) is 5.56 Å². The van der Waals surface area contributed by atoms with Crippen LogP contribution in [-0.2, 0) is 20.3 Å². The first-order valence-corrected chi connectivity index (χ1v) is 14.1. The number of hydrogen-bond donors (Lipinski definition) is 2. The maximum atomic E-state index is 15.1. The van der Waals surface area contributed by atoms with Crippen molar-refractivity contribution in [2.45, 2.75) is 38.8 Å². The van der Waals surface area contributed by atoms with E-state index in [2.05, 4.69) is 20.6 Å². The summed E-state index contributed by atoms with van der Waals surface area (Å²) in [5, 5.41) is 4.96. The number of hydrogen-bond acceptors (Lipinski definition) is 7. The van der Waals surface area contributed by atoms with Gasteiger partial charge in [-0.25, -0.2) is 31.3 Å². The second kappa shape index (κ2) is 10.9. The number of sulfonamides is 1. The van der Waals surface area contributed by atoms with Crippen LogP contribution in [0.5, 0.6) is 0 Å². The van der Waals surface area contributed by atoms with Gasteiger partial charge in [-0.15, -0.1) is 0 Å². The highest BCUT2D eigenvalue weighted by atomic mass is 32.2. The molecule has 10 nitrogen and oxygen atoms in total. The van der Waals surface area contributed by atoms with Crippen molar-refractivity contribution in [1.82, 2.24) is 14.6 Å². The maximum Gasteiger partial charge on any atom is 0.414 e. The molecule has 1 aliphatic heterocycles. The Hall–Kier alpha value is -4.39. The van der Waals surface area contributed by atoms with Crippen LogP contribution in [0.1, 0.15) is 43.7 Å². The Kier molecular flexibility index (Phi) is 7.85. The van der Waals surface area contributed by atoms with E-state index in [4.69, 9.17) is 4.74 Å². The van der Waals surface area contributed by atoms with Gasteiger partial charge in [0.2, 0.25) is 16.0 Å². The van der Waals surface area contributed by atoms with Gasteiger partial charge in [-0.2, -0.15) is 0 Å². The Bertz CT molecular complexity index is 1620. The zero-order valence-electron chi connectivity index (χ0n) is 23.0. The Labute approximate surface area is 236 Å². The lowest BCUT2D eigenvalue weighted by molar-refractivity contribution is 0.0558. The van der Waals surface area contributed by atoms with Crippen LogP contribution in [0.4, 0.5) is 19.3 Å². The number of rotatable bonds is 4. The molecule has 2 amide bonds. The minimum atomic E-state index is -4.03. The molecule has 0 saturated carbocycles. The molecule has 2 aromatic carbocycles. The van der Waals surface area contributed by atoms with Gasteiger partial charge in [0.1, 0.15) is 28.5 Å². The average molecular weight is 586 g/mol. The average Bonchev–Trinajstić information content (AvgIpc) is 2.87. The predicted molar refractivity (Wildman–Crippen MR) is 150 cm³/mol. The van der Waals surface area contributed by atoms with E-state index in [1.807, 2.05) is 0 Å². The molecule has 3 aromatic rings. The van der Waals surface area contributed by atoms with Gasteiger partial charge in [0.05, 0.1) is 5.75 Å². The maximum absolute atomic E-state index is 15.1. The lowest BCUT2D eigenvalue weighted by Gasteiger charge is -2.36. The third-order valence-corrected chi connectivity index (χ3v) is 8.06. The third kappa shape index (κ3) is 6.85. The number of guanidine groups is 1. The van der Waals surface area contributed by atoms with E-state index in [9.17, 15) is 22.4 Å². The van der Waals surface area contributed by atoms with Crippen LogP contribution in [0.2, 0.25) is 0 Å². The summed E-state index contributed by atoms with van der Waals surface area (Å²) in [6.07, 6.45) is 0.540. The van der Waals surface area contributed by atoms with Gasteiger partial charge < -0.3 is 10.1 Å². The van der Waals surface area contributed by atoms with Crippen LogP contribution in [0, 0.1) is 11.6 Å². The summed E-state index contributed by atoms with van der Waals surface area (Å²) in [4.78, 5) is 33.8. The van der Waals surface area contributed by atoms with Crippen molar-refractivity contribution in [2.75, 3.05) is 18.1 Å². The molecule has 0 bridgehead atoms. The van der Waals surface area contributed by atoms with Crippen LogP contribution in [0.25, 0.3) is 11.1 Å². The minimum absolute atomic E-state index is 0.0664. The molecule has 0 spiro atoms. The van der Waals surface area contributed by atoms with Gasteiger partial charge in [0.15, 0.2) is 0 Å². The zero-order valence-corrected chi connectivity index (χ0v) is 23.8. The smallest absolute Gasteiger partial charge is 0.414 e. The van der Waals surface area contributed by atoms with Crippen molar-refractivity contribution in [2.24, 2.45) is 4.99 Å². The van der Waals surface area contributed by atoms with E-state index in [-0.39, 0.29) is 28.7 Å². The molecule has 2 heterocycles. The van der Waals surface area contributed by atoms with Crippen LogP contribution >= 0.6 is 0 Å². The number of amides is 2. The molecule has 41 heavy (non-hydrogen) atoms. The summed E-state index contributed by atoms with van der Waals surface area (Å²) in [6.45, 7) is 6.34. The van der Waals surface area contributed by atoms with E-state index < -0.39 is 44.7 Å². The lowest BCUT2D eigenvalue weighted by atomic mass is 9.93. The second-order valence-corrected chi connectivity index (χ2v) is 12.6. The molecule has 4 rings (SSSR count). The minimum Gasteiger partial charge on any atom is -0.444 e. The molecule has 0 saturated heterocycles. The molecule has 1 atom stereocenters. The number of ether oxygens (including phenoxy) is 1. The Morgan fingerprint density at radius 1 is 1.00 bits per heavy atom. The number of aliphatic imine (C=N–C) groups is 1. The summed E-state index contributed by atoms with van der Waals surface area (Å²) in [5.41, 5.74) is -0.992. The number of aromatic nitrogens is 1. The second-order valence-electron chi connectivity index (χ2n) is 10.6. The normalized spacial score (nSPS) is 18.3. The number of halogens is 2. The predicted octanol–water partition coefficient (Wildman–Crippen LogP) is 4.65. The highest BCUT2D eigenvalue weighted by Gasteiger charge is 2.43. The van der Waals surface area contributed by atoms with Gasteiger partial charge in [-0.3, -0.25) is 15.1 Å². The molecule has 216 valence electrons. The fraction of sp³-hybridized carbons (Fsp3) is 0.286. The van der Waals surface area contributed by atoms with Crippen LogP contribution in [0.3, 0.4) is 0 Å². The highest BCUT2D eigenvalue weighted by Crippen LogP contribution is 2.35. The standard InChI is InChI=1S/C28H29F2N5O5S/c1-27(2,3)40-26(37)33-25-34-28(4,16-41(38,39)35(25)5)21-14-20(11-12-22(21)30)32-24(36)23-13-8-18(15-31-23)17-6-9-19(29)10-7-17/h6-15H,16H2,1-5H3,(H,32,36)(H,33,34,37)/t28-/m0/s1. The van der Waals surface area contributed by atoms with E-state index in [1.54, 1.807) is 39.0 Å². The summed E-state index contributed by atoms with van der Waals surface area (Å²) < 4.78 is 60.3. The summed E-state index contributed by atoms with van der Waals surface area (Å²) in [7, 11) is -2.82. The number of alkyl carbamates (subject to hydrolysis) is 1. The van der Waals surface area contributed by atoms with Crippen molar-refractivity contribution < 1.29 is 31.5 Å². The fourth-order valence-corrected chi connectivity index (χ4v) is 5.59. The van der Waals surface area contributed by atoms with Gasteiger partial charge in [0, 0.05) is 30.1 Å². The number of pyridine rings is 1. The Morgan fingerprint density at radius 2 is 1.66 bits per heavy atom. The van der Waals surface area contributed by atoms with Crippen LogP contribution in [-0.4, -0.2) is 54.1 Å². The van der Waals surface area contributed by atoms with Crippen LogP contribution < -0.4 is 10.6 Å². The molecule has 13 heteroatoms. The quantitative estimate of drug-likeness (QED) is 0.459. The number of benzene rings is 2. The highest BCUT2D eigenvalue weighted by molar-refractivity contribution is 7.89. The number of carbonyl (C=O) groups is 2. The molecule has 0 aliphatic carbocycles. The summed E-state index contributed by atoms with van der Waals surface area (Å²) >= 11 is 0. The number of nitrogens with one attached hydrogen (secondary N) is 2. The first-order valence-electron chi connectivity index (χ1n) is 12.5. The number of anilines is 1. The molecule has 1 aromatic heterocycles. The molecule has 2 N–H and O–H groups in total. The molecular formula is C28H29F2N5O5S. The van der Waals surface area contributed by atoms with Crippen LogP contribution in [0.15, 0.2) is 65.8 Å². The van der Waals surface area contributed by atoms with Gasteiger partial charge in [0.25, 0.3) is 5.91 Å². The topological polar surface area (TPSA) is 130 Å². The van der Waals surface area contributed by atoms with E-state index in [0.717, 1.165) is 15.9 Å². The Morgan fingerprint density at radius 3 is 2.27 bits per heavy atom. The van der Waals surface area contributed by atoms with Crippen molar-refractivity contribution in [3.8, 4) is 11.1 Å². The molecule has 0 fully saturated rings. The van der Waals surface area contributed by atoms with Crippen molar-refractivity contribution >= 4 is 33.7 Å². The fourth-order valence-electron chi connectivity index (χ4n) is 4.11. The Balaban J connectivity index is 1.59. The monoisotopic (exact) mass is 585 g/mol. The van der Waals surface area contributed by atoms with Gasteiger partial charge in [-0.1, -0.05) is 18.2 Å². The van der Waals surface area contributed by atoms with Gasteiger partial charge in [-0.05, 0) is 69.7 Å². The largest absolute Gasteiger partial charge is 0.444 e. The number of carbonyl (C=O) groups excluding carboxylic acids is 2. The van der Waals surface area contributed by atoms with Gasteiger partial charge >= 0.3 is 6.09 Å². The van der Waals surface area contributed by atoms with Crippen molar-refractivity contribution in [3.63, 3.8) is 0 Å². The lowest BCUT2D eigenvalue weighted by Crippen LogP contribution is -2.54. The summed E-state index contributed by atoms with van der Waals surface area (Å²) in [5.74, 6) is -2.66.